The van der Waals surface area contributed by atoms with Gasteiger partial charge < -0.3 is 15.2 Å². The Kier molecular flexibility index (Phi) is 7.41. The van der Waals surface area contributed by atoms with Crippen LogP contribution in [0.1, 0.15) is 13.8 Å². The summed E-state index contributed by atoms with van der Waals surface area (Å²) in [5.41, 5.74) is 0.889. The maximum absolute atomic E-state index is 12.1. The number of aliphatic hydroxyl groups is 1. The first kappa shape index (κ1) is 20.6. The third-order valence-corrected chi connectivity index (χ3v) is 5.32. The smallest absolute Gasteiger partial charge is 0.175 e. The Labute approximate surface area is 145 Å². The molecule has 0 aliphatic carbocycles. The van der Waals surface area contributed by atoms with Gasteiger partial charge in [-0.2, -0.15) is 5.06 Å². The highest BCUT2D eigenvalue weighted by Crippen LogP contribution is 2.22. The first-order valence-electron chi connectivity index (χ1n) is 7.86. The minimum absolute atomic E-state index is 0.0300. The van der Waals surface area contributed by atoms with Crippen LogP contribution in [0.25, 0.3) is 0 Å². The minimum atomic E-state index is -3.54. The summed E-state index contributed by atoms with van der Waals surface area (Å²) in [6.07, 6.45) is 5.55. The predicted molar refractivity (Wildman–Crippen MR) is 96.1 cm³/mol. The van der Waals surface area contributed by atoms with Crippen LogP contribution >= 0.6 is 0 Å². The second kappa shape index (κ2) is 8.62. The van der Waals surface area contributed by atoms with Gasteiger partial charge in [0.1, 0.15) is 0 Å². The largest absolute Gasteiger partial charge is 0.392 e. The first-order chi connectivity index (χ1) is 11.1. The summed E-state index contributed by atoms with van der Waals surface area (Å²) in [6, 6.07) is -0.0514. The summed E-state index contributed by atoms with van der Waals surface area (Å²) in [5, 5.41) is 20.7. The molecule has 136 valence electrons. The van der Waals surface area contributed by atoms with Gasteiger partial charge in [0.2, 0.25) is 0 Å². The fourth-order valence-corrected chi connectivity index (χ4v) is 3.64. The van der Waals surface area contributed by atoms with E-state index in [9.17, 15) is 18.7 Å². The van der Waals surface area contributed by atoms with Gasteiger partial charge in [-0.15, -0.1) is 0 Å². The Morgan fingerprint density at radius 2 is 1.92 bits per heavy atom. The lowest BCUT2D eigenvalue weighted by Gasteiger charge is -2.41. The molecule has 0 radical (unpaired) electrons. The third-order valence-electron chi connectivity index (χ3n) is 4.14. The summed E-state index contributed by atoms with van der Waals surface area (Å²) in [4.78, 5) is 2.02. The molecule has 1 atom stereocenters. The van der Waals surface area contributed by atoms with Crippen LogP contribution in [0.2, 0.25) is 0 Å². The number of piperazine rings is 1. The zero-order chi connectivity index (χ0) is 18.5. The van der Waals surface area contributed by atoms with Crippen molar-refractivity contribution in [3.8, 4) is 0 Å². The molecule has 1 aliphatic rings. The Bertz CT molecular complexity index is 635. The zero-order valence-corrected chi connectivity index (χ0v) is 15.5. The maximum atomic E-state index is 12.1. The fraction of sp³-hybridized carbons (Fsp3) is 0.529. The molecule has 6 nitrogen and oxygen atoms in total. The maximum Gasteiger partial charge on any atom is 0.175 e. The summed E-state index contributed by atoms with van der Waals surface area (Å²) in [5.74, 6) is 0.245. The molecule has 0 aromatic heterocycles. The molecule has 1 saturated heterocycles. The monoisotopic (exact) mass is 356 g/mol. The van der Waals surface area contributed by atoms with Crippen LogP contribution in [0.3, 0.4) is 0 Å². The molecule has 0 spiro atoms. The van der Waals surface area contributed by atoms with Crippen LogP contribution in [0.5, 0.6) is 0 Å². The number of hydroxylamine groups is 2. The molecular weight excluding hydrogens is 328 g/mol. The number of nitrogens with zero attached hydrogens (tertiary/aromatic N) is 2. The summed E-state index contributed by atoms with van der Waals surface area (Å²) >= 11 is 0. The van der Waals surface area contributed by atoms with Crippen molar-refractivity contribution in [2.24, 2.45) is 5.92 Å². The molecule has 0 saturated carbocycles. The van der Waals surface area contributed by atoms with E-state index >= 15 is 0 Å². The SMILES string of the molecule is C=C/C(CO)=C(\C=C(/C=C)N1CCN(O)C(C(C)C)C1)S(C)(=O)=O. The molecule has 1 aliphatic heterocycles. The van der Waals surface area contributed by atoms with Crippen molar-refractivity contribution in [3.05, 3.63) is 47.6 Å². The summed E-state index contributed by atoms with van der Waals surface area (Å²) < 4.78 is 24.2. The summed E-state index contributed by atoms with van der Waals surface area (Å²) in [7, 11) is -3.54. The van der Waals surface area contributed by atoms with Crippen molar-refractivity contribution >= 4 is 9.84 Å². The van der Waals surface area contributed by atoms with Crippen molar-refractivity contribution in [3.63, 3.8) is 0 Å². The van der Waals surface area contributed by atoms with E-state index in [1.165, 1.54) is 17.2 Å². The van der Waals surface area contributed by atoms with Gasteiger partial charge in [-0.25, -0.2) is 8.42 Å². The molecule has 0 aromatic carbocycles. The Hall–Kier alpha value is -1.41. The molecule has 1 fully saturated rings. The molecule has 1 unspecified atom stereocenters. The van der Waals surface area contributed by atoms with E-state index in [1.54, 1.807) is 6.08 Å². The molecule has 24 heavy (non-hydrogen) atoms. The lowest BCUT2D eigenvalue weighted by molar-refractivity contribution is -0.162. The van der Waals surface area contributed by atoms with Gasteiger partial charge in [-0.1, -0.05) is 33.1 Å². The lowest BCUT2D eigenvalue weighted by atomic mass is 10.0. The van der Waals surface area contributed by atoms with Gasteiger partial charge in [-0.3, -0.25) is 0 Å². The topological polar surface area (TPSA) is 81.1 Å². The number of sulfone groups is 1. The second-order valence-corrected chi connectivity index (χ2v) is 8.20. The van der Waals surface area contributed by atoms with Crippen molar-refractivity contribution < 1.29 is 18.7 Å². The van der Waals surface area contributed by atoms with Gasteiger partial charge >= 0.3 is 0 Å². The number of aliphatic hydroxyl groups excluding tert-OH is 1. The highest BCUT2D eigenvalue weighted by molar-refractivity contribution is 7.94. The van der Waals surface area contributed by atoms with E-state index in [1.807, 2.05) is 18.7 Å². The molecule has 0 aromatic rings. The predicted octanol–water partition coefficient (Wildman–Crippen LogP) is 1.56. The summed E-state index contributed by atoms with van der Waals surface area (Å²) in [6.45, 7) is 12.6. The Morgan fingerprint density at radius 3 is 2.33 bits per heavy atom. The van der Waals surface area contributed by atoms with E-state index in [0.717, 1.165) is 6.26 Å². The minimum Gasteiger partial charge on any atom is -0.392 e. The fourth-order valence-electron chi connectivity index (χ4n) is 2.68. The van der Waals surface area contributed by atoms with E-state index in [4.69, 9.17) is 0 Å². The normalized spacial score (nSPS) is 21.7. The molecule has 7 heteroatoms. The van der Waals surface area contributed by atoms with E-state index in [0.29, 0.717) is 25.3 Å². The molecule has 2 N–H and O–H groups in total. The van der Waals surface area contributed by atoms with Gasteiger partial charge in [0, 0.05) is 31.6 Å². The van der Waals surface area contributed by atoms with E-state index < -0.39 is 16.4 Å². The molecule has 1 heterocycles. The molecule has 1 rings (SSSR count). The number of hydrogen-bond donors (Lipinski definition) is 2. The van der Waals surface area contributed by atoms with Crippen LogP contribution in [0, 0.1) is 5.92 Å². The van der Waals surface area contributed by atoms with E-state index in [-0.39, 0.29) is 22.4 Å². The number of hydrogen-bond acceptors (Lipinski definition) is 6. The van der Waals surface area contributed by atoms with Crippen LogP contribution in [-0.4, -0.2) is 67.2 Å². The van der Waals surface area contributed by atoms with Crippen molar-refractivity contribution in [1.29, 1.82) is 0 Å². The quantitative estimate of drug-likeness (QED) is 0.674. The highest BCUT2D eigenvalue weighted by Gasteiger charge is 2.29. The van der Waals surface area contributed by atoms with Crippen LogP contribution in [0.15, 0.2) is 47.6 Å². The average Bonchev–Trinajstić information content (AvgIpc) is 2.51. The van der Waals surface area contributed by atoms with Crippen LogP contribution in [0.4, 0.5) is 0 Å². The van der Waals surface area contributed by atoms with Crippen LogP contribution < -0.4 is 0 Å². The van der Waals surface area contributed by atoms with Crippen molar-refractivity contribution in [2.75, 3.05) is 32.5 Å². The number of rotatable bonds is 7. The van der Waals surface area contributed by atoms with Crippen molar-refractivity contribution in [1.82, 2.24) is 9.96 Å². The van der Waals surface area contributed by atoms with Gasteiger partial charge in [0.05, 0.1) is 17.6 Å². The average molecular weight is 356 g/mol. The number of allylic oxidation sites excluding steroid dienone is 2. The van der Waals surface area contributed by atoms with Gasteiger partial charge in [0.25, 0.3) is 0 Å². The Morgan fingerprint density at radius 1 is 1.29 bits per heavy atom. The molecular formula is C17H28N2O4S. The lowest BCUT2D eigenvalue weighted by Crippen LogP contribution is -2.53. The highest BCUT2D eigenvalue weighted by atomic mass is 32.2. The molecule has 0 bridgehead atoms. The van der Waals surface area contributed by atoms with Crippen molar-refractivity contribution in [2.45, 2.75) is 19.9 Å². The second-order valence-electron chi connectivity index (χ2n) is 6.22. The van der Waals surface area contributed by atoms with Gasteiger partial charge in [0.15, 0.2) is 9.84 Å². The Balaban J connectivity index is 3.28. The third kappa shape index (κ3) is 5.04. The first-order valence-corrected chi connectivity index (χ1v) is 9.75. The standard InChI is InChI=1S/C17H28N2O4S/c1-6-14(12-20)17(24(5,22)23)10-15(7-2)18-8-9-19(21)16(11-18)13(3)4/h6-7,10,13,16,20-21H,1-2,8-9,11-12H2,3-5H3/b15-10+,17-14-. The van der Waals surface area contributed by atoms with E-state index in [2.05, 4.69) is 13.2 Å². The zero-order valence-electron chi connectivity index (χ0n) is 14.6. The molecule has 0 amide bonds. The van der Waals surface area contributed by atoms with Gasteiger partial charge in [-0.05, 0) is 23.6 Å². The van der Waals surface area contributed by atoms with Crippen LogP contribution in [-0.2, 0) is 9.84 Å².